The molecule has 1 aromatic carbocycles. The topological polar surface area (TPSA) is 17.1 Å². The number of carbonyl (C=O) groups is 1. The second-order valence-corrected chi connectivity index (χ2v) is 5.54. The van der Waals surface area contributed by atoms with Crippen molar-refractivity contribution in [3.8, 4) is 0 Å². The van der Waals surface area contributed by atoms with Gasteiger partial charge < -0.3 is 0 Å². The summed E-state index contributed by atoms with van der Waals surface area (Å²) in [6.07, 6.45) is 7.81. The molecule has 0 unspecified atom stereocenters. The molecule has 0 amide bonds. The summed E-state index contributed by atoms with van der Waals surface area (Å²) in [4.78, 5) is 11.5. The third-order valence-corrected chi connectivity index (χ3v) is 3.60. The van der Waals surface area contributed by atoms with Crippen LogP contribution in [0.4, 0.5) is 0 Å². The Labute approximate surface area is 107 Å². The number of Topliss-reactive ketones (excluding diaryl/α,β-unsaturated/α-hetero) is 1. The van der Waals surface area contributed by atoms with Crippen LogP contribution in [0.3, 0.4) is 0 Å². The Bertz CT molecular complexity index is 433. The summed E-state index contributed by atoms with van der Waals surface area (Å²) < 4.78 is 0. The zero-order valence-electron chi connectivity index (χ0n) is 10.1. The van der Waals surface area contributed by atoms with Crippen LogP contribution in [0.2, 0.25) is 5.02 Å². The first-order valence-corrected chi connectivity index (χ1v) is 6.42. The summed E-state index contributed by atoms with van der Waals surface area (Å²) in [5, 5.41) is 0.751. The van der Waals surface area contributed by atoms with Gasteiger partial charge in [-0.3, -0.25) is 4.79 Å². The summed E-state index contributed by atoms with van der Waals surface area (Å²) in [7, 11) is 0. The molecular formula is C15H17ClO. The van der Waals surface area contributed by atoms with E-state index in [4.69, 9.17) is 11.6 Å². The number of hydrogen-bond donors (Lipinski definition) is 0. The van der Waals surface area contributed by atoms with Crippen molar-refractivity contribution >= 4 is 23.5 Å². The fourth-order valence-corrected chi connectivity index (χ4v) is 2.46. The SMILES string of the molecule is C[C@@]1(/C=C/c2ccc(Cl)cc2)CCCC(=O)C1. The van der Waals surface area contributed by atoms with Gasteiger partial charge in [0, 0.05) is 17.9 Å². The lowest BCUT2D eigenvalue weighted by Gasteiger charge is -2.29. The van der Waals surface area contributed by atoms with E-state index >= 15 is 0 Å². The Morgan fingerprint density at radius 2 is 2.00 bits per heavy atom. The molecule has 0 aromatic heterocycles. The van der Waals surface area contributed by atoms with Gasteiger partial charge in [0.05, 0.1) is 0 Å². The zero-order chi connectivity index (χ0) is 12.3. The van der Waals surface area contributed by atoms with Gasteiger partial charge in [-0.2, -0.15) is 0 Å². The predicted octanol–water partition coefficient (Wildman–Crippen LogP) is 4.50. The van der Waals surface area contributed by atoms with E-state index in [1.54, 1.807) is 0 Å². The molecule has 0 aliphatic heterocycles. The molecule has 1 nitrogen and oxygen atoms in total. The summed E-state index contributed by atoms with van der Waals surface area (Å²) in [5.74, 6) is 0.388. The van der Waals surface area contributed by atoms with Gasteiger partial charge in [0.2, 0.25) is 0 Å². The Hall–Kier alpha value is -1.08. The second kappa shape index (κ2) is 5.05. The molecule has 90 valence electrons. The molecule has 17 heavy (non-hydrogen) atoms. The van der Waals surface area contributed by atoms with Crippen molar-refractivity contribution in [1.29, 1.82) is 0 Å². The third-order valence-electron chi connectivity index (χ3n) is 3.35. The summed E-state index contributed by atoms with van der Waals surface area (Å²) in [5.41, 5.74) is 1.17. The molecular weight excluding hydrogens is 232 g/mol. The van der Waals surface area contributed by atoms with Crippen LogP contribution in [0, 0.1) is 5.41 Å². The number of ketones is 1. The lowest BCUT2D eigenvalue weighted by atomic mass is 9.75. The maximum absolute atomic E-state index is 11.5. The van der Waals surface area contributed by atoms with Crippen LogP contribution in [0.1, 0.15) is 38.2 Å². The van der Waals surface area contributed by atoms with Gasteiger partial charge in [0.1, 0.15) is 5.78 Å². The van der Waals surface area contributed by atoms with Crippen LogP contribution in [0.15, 0.2) is 30.3 Å². The van der Waals surface area contributed by atoms with Gasteiger partial charge in [0.25, 0.3) is 0 Å². The largest absolute Gasteiger partial charge is 0.300 e. The van der Waals surface area contributed by atoms with Crippen LogP contribution in [0.25, 0.3) is 6.08 Å². The number of hydrogen-bond acceptors (Lipinski definition) is 1. The second-order valence-electron chi connectivity index (χ2n) is 5.11. The average Bonchev–Trinajstić information content (AvgIpc) is 2.28. The summed E-state index contributed by atoms with van der Waals surface area (Å²) in [6.45, 7) is 2.16. The van der Waals surface area contributed by atoms with Gasteiger partial charge in [-0.25, -0.2) is 0 Å². The molecule has 1 saturated carbocycles. The number of carbonyl (C=O) groups excluding carboxylic acids is 1. The van der Waals surface area contributed by atoms with Crippen LogP contribution >= 0.6 is 11.6 Å². The summed E-state index contributed by atoms with van der Waals surface area (Å²) in [6, 6.07) is 7.75. The lowest BCUT2D eigenvalue weighted by Crippen LogP contribution is -2.23. The van der Waals surface area contributed by atoms with Gasteiger partial charge in [0.15, 0.2) is 0 Å². The van der Waals surface area contributed by atoms with Gasteiger partial charge in [-0.15, -0.1) is 0 Å². The molecule has 1 aliphatic carbocycles. The number of benzene rings is 1. The molecule has 0 N–H and O–H groups in total. The fraction of sp³-hybridized carbons (Fsp3) is 0.400. The molecule has 1 aromatic rings. The highest BCUT2D eigenvalue weighted by atomic mass is 35.5. The third kappa shape index (κ3) is 3.44. The minimum Gasteiger partial charge on any atom is -0.300 e. The van der Waals surface area contributed by atoms with E-state index in [1.807, 2.05) is 24.3 Å². The first-order chi connectivity index (χ1) is 8.07. The fourth-order valence-electron chi connectivity index (χ4n) is 2.33. The van der Waals surface area contributed by atoms with E-state index in [0.29, 0.717) is 12.2 Å². The highest BCUT2D eigenvalue weighted by Crippen LogP contribution is 2.35. The van der Waals surface area contributed by atoms with E-state index in [0.717, 1.165) is 29.8 Å². The predicted molar refractivity (Wildman–Crippen MR) is 72.1 cm³/mol. The zero-order valence-corrected chi connectivity index (χ0v) is 10.8. The molecule has 2 heteroatoms. The van der Waals surface area contributed by atoms with E-state index < -0.39 is 0 Å². The van der Waals surface area contributed by atoms with Gasteiger partial charge >= 0.3 is 0 Å². The lowest BCUT2D eigenvalue weighted by molar-refractivity contribution is -0.122. The molecule has 0 saturated heterocycles. The molecule has 1 fully saturated rings. The van der Waals surface area contributed by atoms with Crippen molar-refractivity contribution in [3.05, 3.63) is 40.9 Å². The Kier molecular flexibility index (Phi) is 3.68. The van der Waals surface area contributed by atoms with Gasteiger partial charge in [-0.05, 0) is 36.0 Å². The normalized spacial score (nSPS) is 25.4. The molecule has 0 radical (unpaired) electrons. The minimum atomic E-state index is 0.0367. The van der Waals surface area contributed by atoms with E-state index in [9.17, 15) is 4.79 Å². The van der Waals surface area contributed by atoms with Crippen molar-refractivity contribution in [3.63, 3.8) is 0 Å². The molecule has 0 spiro atoms. The van der Waals surface area contributed by atoms with Crippen LogP contribution in [-0.4, -0.2) is 5.78 Å². The van der Waals surface area contributed by atoms with Crippen molar-refractivity contribution in [2.45, 2.75) is 32.6 Å². The first kappa shape index (κ1) is 12.4. The highest BCUT2D eigenvalue weighted by Gasteiger charge is 2.28. The van der Waals surface area contributed by atoms with Crippen molar-refractivity contribution < 1.29 is 4.79 Å². The number of halogens is 1. The standard InChI is InChI=1S/C15H17ClO/c1-15(9-2-3-14(17)11-15)10-8-12-4-6-13(16)7-5-12/h4-8,10H,2-3,9,11H2,1H3/b10-8+/t15-/m0/s1. The number of allylic oxidation sites excluding steroid dienone is 1. The maximum atomic E-state index is 11.5. The van der Waals surface area contributed by atoms with Crippen molar-refractivity contribution in [1.82, 2.24) is 0 Å². The van der Waals surface area contributed by atoms with Crippen LogP contribution in [-0.2, 0) is 4.79 Å². The molecule has 0 heterocycles. The highest BCUT2D eigenvalue weighted by molar-refractivity contribution is 6.30. The van der Waals surface area contributed by atoms with E-state index in [1.165, 1.54) is 0 Å². The van der Waals surface area contributed by atoms with Crippen LogP contribution < -0.4 is 0 Å². The van der Waals surface area contributed by atoms with Crippen molar-refractivity contribution in [2.75, 3.05) is 0 Å². The maximum Gasteiger partial charge on any atom is 0.133 e. The van der Waals surface area contributed by atoms with Crippen LogP contribution in [0.5, 0.6) is 0 Å². The minimum absolute atomic E-state index is 0.0367. The molecule has 0 bridgehead atoms. The average molecular weight is 249 g/mol. The summed E-state index contributed by atoms with van der Waals surface area (Å²) >= 11 is 5.84. The first-order valence-electron chi connectivity index (χ1n) is 6.04. The molecule has 2 rings (SSSR count). The Morgan fingerprint density at radius 3 is 2.65 bits per heavy atom. The smallest absolute Gasteiger partial charge is 0.133 e. The van der Waals surface area contributed by atoms with Gasteiger partial charge in [-0.1, -0.05) is 42.8 Å². The van der Waals surface area contributed by atoms with Crippen molar-refractivity contribution in [2.24, 2.45) is 5.41 Å². The quantitative estimate of drug-likeness (QED) is 0.753. The monoisotopic (exact) mass is 248 g/mol. The van der Waals surface area contributed by atoms with E-state index in [2.05, 4.69) is 19.1 Å². The molecule has 1 atom stereocenters. The Morgan fingerprint density at radius 1 is 1.29 bits per heavy atom. The number of rotatable bonds is 2. The van der Waals surface area contributed by atoms with E-state index in [-0.39, 0.29) is 5.41 Å². The molecule has 1 aliphatic rings. The Balaban J connectivity index is 2.09.